The van der Waals surface area contributed by atoms with Crippen LogP contribution in [0.1, 0.15) is 47.7 Å². The average molecular weight is 390 g/mol. The molecule has 0 amide bonds. The van der Waals surface area contributed by atoms with Gasteiger partial charge in [0.1, 0.15) is 4.90 Å². The minimum absolute atomic E-state index is 0.000907. The van der Waals surface area contributed by atoms with Gasteiger partial charge >= 0.3 is 5.97 Å². The van der Waals surface area contributed by atoms with Crippen LogP contribution < -0.4 is 9.04 Å². The highest BCUT2D eigenvalue weighted by molar-refractivity contribution is 7.92. The molecular weight excluding hydrogens is 368 g/mol. The zero-order valence-electron chi connectivity index (χ0n) is 15.5. The molecule has 0 unspecified atom stereocenters. The highest BCUT2D eigenvalue weighted by Gasteiger charge is 2.35. The van der Waals surface area contributed by atoms with Crippen molar-refractivity contribution < 1.29 is 23.1 Å². The number of carboxylic acids is 1. The van der Waals surface area contributed by atoms with Crippen molar-refractivity contribution in [2.45, 2.75) is 38.0 Å². The lowest BCUT2D eigenvalue weighted by molar-refractivity contribution is 0.0697. The predicted molar refractivity (Wildman–Crippen MR) is 101 cm³/mol. The molecule has 7 nitrogen and oxygen atoms in total. The van der Waals surface area contributed by atoms with Gasteiger partial charge in [-0.15, -0.1) is 0 Å². The molecule has 1 aliphatic rings. The molecule has 0 radical (unpaired) electrons. The van der Waals surface area contributed by atoms with E-state index in [1.165, 1.54) is 28.7 Å². The standard InChI is InChI=1S/C19H22N2O5S/c1-4-26-17-6-5-14(11-20-17)27(24,25)21-8-7-13(3)15-9-12(2)10-16(18(15)21)19(22)23/h5-6,9-11,13H,4,7-8H2,1-3H3,(H,22,23)/t13-/m0/s1. The Labute approximate surface area is 158 Å². The van der Waals surface area contributed by atoms with Gasteiger partial charge in [-0.3, -0.25) is 4.31 Å². The number of benzene rings is 1. The fourth-order valence-electron chi connectivity index (χ4n) is 3.32. The first-order chi connectivity index (χ1) is 12.8. The Balaban J connectivity index is 2.13. The number of anilines is 1. The van der Waals surface area contributed by atoms with Crippen molar-refractivity contribution in [3.8, 4) is 5.88 Å². The van der Waals surface area contributed by atoms with Gasteiger partial charge in [0.25, 0.3) is 10.0 Å². The Morgan fingerprint density at radius 2 is 2.11 bits per heavy atom. The minimum atomic E-state index is -3.95. The van der Waals surface area contributed by atoms with E-state index in [-0.39, 0.29) is 28.6 Å². The van der Waals surface area contributed by atoms with Crippen molar-refractivity contribution in [2.75, 3.05) is 17.5 Å². The Morgan fingerprint density at radius 1 is 1.37 bits per heavy atom. The minimum Gasteiger partial charge on any atom is -0.478 e. The van der Waals surface area contributed by atoms with Gasteiger partial charge in [0, 0.05) is 12.6 Å². The van der Waals surface area contributed by atoms with Gasteiger partial charge in [0.05, 0.1) is 24.1 Å². The van der Waals surface area contributed by atoms with Gasteiger partial charge in [-0.25, -0.2) is 18.2 Å². The fraction of sp³-hybridized carbons (Fsp3) is 0.368. The summed E-state index contributed by atoms with van der Waals surface area (Å²) in [5, 5.41) is 9.65. The molecule has 3 rings (SSSR count). The van der Waals surface area contributed by atoms with E-state index in [4.69, 9.17) is 4.74 Å². The zero-order valence-corrected chi connectivity index (χ0v) is 16.3. The first-order valence-electron chi connectivity index (χ1n) is 8.75. The molecule has 8 heteroatoms. The second-order valence-electron chi connectivity index (χ2n) is 6.59. The number of aryl methyl sites for hydroxylation is 1. The molecule has 1 aromatic heterocycles. The monoisotopic (exact) mass is 390 g/mol. The summed E-state index contributed by atoms with van der Waals surface area (Å²) in [6.07, 6.45) is 1.85. The number of ether oxygens (including phenoxy) is 1. The van der Waals surface area contributed by atoms with E-state index in [0.717, 1.165) is 11.1 Å². The van der Waals surface area contributed by atoms with E-state index in [9.17, 15) is 18.3 Å². The molecule has 0 bridgehead atoms. The van der Waals surface area contributed by atoms with Crippen molar-refractivity contribution in [1.82, 2.24) is 4.98 Å². The van der Waals surface area contributed by atoms with Crippen LogP contribution in [0.4, 0.5) is 5.69 Å². The molecule has 0 saturated heterocycles. The van der Waals surface area contributed by atoms with Crippen molar-refractivity contribution in [1.29, 1.82) is 0 Å². The topological polar surface area (TPSA) is 96.8 Å². The summed E-state index contributed by atoms with van der Waals surface area (Å²) in [6, 6.07) is 6.31. The van der Waals surface area contributed by atoms with Crippen LogP contribution in [0.3, 0.4) is 0 Å². The second-order valence-corrected chi connectivity index (χ2v) is 8.45. The summed E-state index contributed by atoms with van der Waals surface area (Å²) in [4.78, 5) is 15.8. The molecule has 0 fully saturated rings. The number of fused-ring (bicyclic) bond motifs is 1. The lowest BCUT2D eigenvalue weighted by Crippen LogP contribution is -2.37. The largest absolute Gasteiger partial charge is 0.478 e. The molecule has 1 N–H and O–H groups in total. The Bertz CT molecular complexity index is 970. The van der Waals surface area contributed by atoms with Crippen LogP contribution in [-0.4, -0.2) is 37.6 Å². The highest BCUT2D eigenvalue weighted by atomic mass is 32.2. The summed E-state index contributed by atoms with van der Waals surface area (Å²) in [5.41, 5.74) is 1.78. The van der Waals surface area contributed by atoms with E-state index < -0.39 is 16.0 Å². The van der Waals surface area contributed by atoms with E-state index in [1.54, 1.807) is 0 Å². The Morgan fingerprint density at radius 3 is 2.70 bits per heavy atom. The molecule has 0 spiro atoms. The van der Waals surface area contributed by atoms with E-state index in [1.807, 2.05) is 26.8 Å². The van der Waals surface area contributed by atoms with Crippen molar-refractivity contribution >= 4 is 21.7 Å². The maximum Gasteiger partial charge on any atom is 0.337 e. The number of hydrogen-bond acceptors (Lipinski definition) is 5. The van der Waals surface area contributed by atoms with Gasteiger partial charge < -0.3 is 9.84 Å². The van der Waals surface area contributed by atoms with Crippen LogP contribution in [0.5, 0.6) is 5.88 Å². The Hall–Kier alpha value is -2.61. The van der Waals surface area contributed by atoms with Crippen LogP contribution in [-0.2, 0) is 10.0 Å². The van der Waals surface area contributed by atoms with Crippen LogP contribution in [0.2, 0.25) is 0 Å². The lowest BCUT2D eigenvalue weighted by atomic mass is 9.89. The number of aromatic carboxylic acids is 1. The quantitative estimate of drug-likeness (QED) is 0.842. The van der Waals surface area contributed by atoms with Crippen molar-refractivity contribution in [3.05, 3.63) is 47.2 Å². The molecule has 0 aliphatic carbocycles. The number of sulfonamides is 1. The molecule has 144 valence electrons. The number of carboxylic acid groups (broad SMARTS) is 1. The SMILES string of the molecule is CCOc1ccc(S(=O)(=O)N2CC[C@H](C)c3cc(C)cc(C(=O)O)c32)cn1. The van der Waals surface area contributed by atoms with Gasteiger partial charge in [0.15, 0.2) is 0 Å². The number of nitrogens with zero attached hydrogens (tertiary/aromatic N) is 2. The molecule has 0 saturated carbocycles. The first-order valence-corrected chi connectivity index (χ1v) is 10.2. The van der Waals surface area contributed by atoms with E-state index >= 15 is 0 Å². The zero-order chi connectivity index (χ0) is 19.8. The van der Waals surface area contributed by atoms with Crippen LogP contribution in [0, 0.1) is 6.92 Å². The normalized spacial score (nSPS) is 16.7. The summed E-state index contributed by atoms with van der Waals surface area (Å²) in [7, 11) is -3.95. The van der Waals surface area contributed by atoms with Crippen molar-refractivity contribution in [3.63, 3.8) is 0 Å². The van der Waals surface area contributed by atoms with Crippen LogP contribution in [0.25, 0.3) is 0 Å². The molecule has 1 aromatic carbocycles. The molecule has 27 heavy (non-hydrogen) atoms. The molecule has 2 heterocycles. The molecule has 1 aliphatic heterocycles. The average Bonchev–Trinajstić information content (AvgIpc) is 2.62. The summed E-state index contributed by atoms with van der Waals surface area (Å²) < 4.78 is 32.9. The predicted octanol–water partition coefficient (Wildman–Crippen LogP) is 3.19. The maximum absolute atomic E-state index is 13.2. The van der Waals surface area contributed by atoms with Gasteiger partial charge in [-0.2, -0.15) is 0 Å². The first kappa shape index (κ1) is 19.2. The third-order valence-corrected chi connectivity index (χ3v) is 6.43. The van der Waals surface area contributed by atoms with Gasteiger partial charge in [0.2, 0.25) is 5.88 Å². The van der Waals surface area contributed by atoms with Gasteiger partial charge in [-0.1, -0.05) is 13.0 Å². The number of pyridine rings is 1. The van der Waals surface area contributed by atoms with Gasteiger partial charge in [-0.05, 0) is 49.4 Å². The molecule has 2 aromatic rings. The highest BCUT2D eigenvalue weighted by Crippen LogP contribution is 2.41. The lowest BCUT2D eigenvalue weighted by Gasteiger charge is -2.35. The van der Waals surface area contributed by atoms with Crippen molar-refractivity contribution in [2.24, 2.45) is 0 Å². The summed E-state index contributed by atoms with van der Waals surface area (Å²) in [6.45, 7) is 6.24. The maximum atomic E-state index is 13.2. The number of carbonyl (C=O) groups is 1. The number of aromatic nitrogens is 1. The van der Waals surface area contributed by atoms with E-state index in [0.29, 0.717) is 18.9 Å². The third kappa shape index (κ3) is 3.49. The second kappa shape index (κ2) is 7.19. The van der Waals surface area contributed by atoms with Crippen LogP contribution >= 0.6 is 0 Å². The van der Waals surface area contributed by atoms with E-state index in [2.05, 4.69) is 4.98 Å². The third-order valence-electron chi connectivity index (χ3n) is 4.65. The fourth-order valence-corrected chi connectivity index (χ4v) is 4.79. The summed E-state index contributed by atoms with van der Waals surface area (Å²) >= 11 is 0. The molecular formula is C19H22N2O5S. The number of rotatable bonds is 5. The van der Waals surface area contributed by atoms with Crippen LogP contribution in [0.15, 0.2) is 35.4 Å². The number of hydrogen-bond donors (Lipinski definition) is 1. The summed E-state index contributed by atoms with van der Waals surface area (Å²) in [5.74, 6) is -0.733. The Kier molecular flexibility index (Phi) is 5.10. The molecule has 1 atom stereocenters. The smallest absolute Gasteiger partial charge is 0.337 e.